The molecule has 0 heterocycles. The lowest BCUT2D eigenvalue weighted by molar-refractivity contribution is -0.135. The molecule has 0 aliphatic rings. The van der Waals surface area contributed by atoms with E-state index in [1.807, 2.05) is 0 Å². The lowest BCUT2D eigenvalue weighted by Crippen LogP contribution is -2.32. The van der Waals surface area contributed by atoms with E-state index in [-0.39, 0.29) is 0 Å². The lowest BCUT2D eigenvalue weighted by Gasteiger charge is -2.27. The third-order valence-corrected chi connectivity index (χ3v) is 2.33. The van der Waals surface area contributed by atoms with E-state index in [1.165, 1.54) is 6.92 Å². The quantitative estimate of drug-likeness (QED) is 0.601. The smallest absolute Gasteiger partial charge is 0.166 e. The average molecular weight is 187 g/mol. The third kappa shape index (κ3) is 6.05. The van der Waals surface area contributed by atoms with E-state index in [0.717, 1.165) is 44.4 Å². The van der Waals surface area contributed by atoms with E-state index in [2.05, 4.69) is 13.8 Å². The molecule has 0 saturated heterocycles. The molecule has 0 bridgehead atoms. The van der Waals surface area contributed by atoms with Crippen molar-refractivity contribution in [2.75, 3.05) is 0 Å². The Labute approximate surface area is 82.0 Å². The van der Waals surface area contributed by atoms with Crippen molar-refractivity contribution in [3.05, 3.63) is 5.92 Å². The van der Waals surface area contributed by atoms with E-state index in [1.54, 1.807) is 0 Å². The van der Waals surface area contributed by atoms with Crippen LogP contribution in [-0.2, 0) is 0 Å². The van der Waals surface area contributed by atoms with Crippen LogP contribution >= 0.6 is 0 Å². The van der Waals surface area contributed by atoms with E-state index in [4.69, 9.17) is 0 Å². The van der Waals surface area contributed by atoms with Crippen LogP contribution in [0.15, 0.2) is 0 Å². The van der Waals surface area contributed by atoms with Gasteiger partial charge in [-0.25, -0.2) is 0 Å². The topological polar surface area (TPSA) is 40.5 Å². The van der Waals surface area contributed by atoms with E-state index >= 15 is 0 Å². The highest BCUT2D eigenvalue weighted by molar-refractivity contribution is 4.99. The molecule has 2 N–H and O–H groups in total. The summed E-state index contributed by atoms with van der Waals surface area (Å²) in [7, 11) is 0. The summed E-state index contributed by atoms with van der Waals surface area (Å²) < 4.78 is 0. The number of aliphatic hydroxyl groups is 2. The second-order valence-electron chi connectivity index (χ2n) is 3.83. The fourth-order valence-electron chi connectivity index (χ4n) is 1.38. The Bertz CT molecular complexity index is 108. The van der Waals surface area contributed by atoms with E-state index < -0.39 is 5.79 Å². The molecule has 13 heavy (non-hydrogen) atoms. The summed E-state index contributed by atoms with van der Waals surface area (Å²) in [6.07, 6.45) is 6.00. The molecule has 0 spiro atoms. The van der Waals surface area contributed by atoms with Crippen LogP contribution in [0.5, 0.6) is 0 Å². The zero-order chi connectivity index (χ0) is 10.3. The van der Waals surface area contributed by atoms with Gasteiger partial charge in [0.05, 0.1) is 0 Å². The second kappa shape index (κ2) is 6.39. The Morgan fingerprint density at radius 2 is 1.38 bits per heavy atom. The Morgan fingerprint density at radius 3 is 1.62 bits per heavy atom. The van der Waals surface area contributed by atoms with Crippen LogP contribution in [-0.4, -0.2) is 16.0 Å². The maximum atomic E-state index is 9.45. The summed E-state index contributed by atoms with van der Waals surface area (Å²) in [4.78, 5) is 0. The predicted octanol–water partition coefficient (Wildman–Crippen LogP) is 2.64. The monoisotopic (exact) mass is 187 g/mol. The van der Waals surface area contributed by atoms with Gasteiger partial charge in [0.15, 0.2) is 5.79 Å². The Morgan fingerprint density at radius 1 is 1.00 bits per heavy atom. The molecule has 0 aromatic carbocycles. The summed E-state index contributed by atoms with van der Waals surface area (Å²) in [5.41, 5.74) is 0. The average Bonchev–Trinajstić information content (AvgIpc) is 2.02. The van der Waals surface area contributed by atoms with Gasteiger partial charge in [0.1, 0.15) is 0 Å². The van der Waals surface area contributed by atoms with Crippen molar-refractivity contribution < 1.29 is 10.2 Å². The molecule has 2 heteroatoms. The molecule has 0 aromatic rings. The van der Waals surface area contributed by atoms with Crippen LogP contribution in [0.3, 0.4) is 0 Å². The Kier molecular flexibility index (Phi) is 6.35. The molecule has 1 radical (unpaired) electrons. The van der Waals surface area contributed by atoms with Gasteiger partial charge in [0, 0.05) is 5.92 Å². The normalized spacial score (nSPS) is 12.5. The molecule has 0 rings (SSSR count). The van der Waals surface area contributed by atoms with Crippen molar-refractivity contribution in [3.63, 3.8) is 0 Å². The molecule has 0 atom stereocenters. The minimum absolute atomic E-state index is 0.847. The van der Waals surface area contributed by atoms with Crippen molar-refractivity contribution in [1.82, 2.24) is 0 Å². The van der Waals surface area contributed by atoms with Gasteiger partial charge in [0.2, 0.25) is 0 Å². The minimum Gasteiger partial charge on any atom is -0.365 e. The molecule has 0 aliphatic carbocycles. The van der Waals surface area contributed by atoms with Crippen LogP contribution in [0.4, 0.5) is 0 Å². The van der Waals surface area contributed by atoms with Crippen LogP contribution < -0.4 is 0 Å². The maximum absolute atomic E-state index is 9.45. The minimum atomic E-state index is -1.57. The first-order valence-electron chi connectivity index (χ1n) is 5.32. The highest BCUT2D eigenvalue weighted by atomic mass is 16.5. The molecule has 2 nitrogen and oxygen atoms in total. The summed E-state index contributed by atoms with van der Waals surface area (Å²) in [6, 6.07) is 0. The summed E-state index contributed by atoms with van der Waals surface area (Å²) in [5.74, 6) is -0.680. The standard InChI is InChI=1S/C11H23O2/c1-4-6-8-10(9-7-5-2)11(3,12)13/h12-13H,4-9H2,1-3H3. The Hall–Kier alpha value is -0.0800. The molecule has 79 valence electrons. The molecule has 0 aromatic heterocycles. The van der Waals surface area contributed by atoms with E-state index in [0.29, 0.717) is 0 Å². The summed E-state index contributed by atoms with van der Waals surface area (Å²) in [6.45, 7) is 5.70. The van der Waals surface area contributed by atoms with Crippen LogP contribution in [0.25, 0.3) is 0 Å². The molecule has 0 fully saturated rings. The third-order valence-electron chi connectivity index (χ3n) is 2.33. The van der Waals surface area contributed by atoms with Crippen LogP contribution in [0.2, 0.25) is 0 Å². The van der Waals surface area contributed by atoms with Crippen LogP contribution in [0, 0.1) is 5.92 Å². The molecular formula is C11H23O2. The van der Waals surface area contributed by atoms with E-state index in [9.17, 15) is 10.2 Å². The first kappa shape index (κ1) is 12.9. The summed E-state index contributed by atoms with van der Waals surface area (Å²) >= 11 is 0. The molecule has 0 amide bonds. The van der Waals surface area contributed by atoms with Gasteiger partial charge in [-0.3, -0.25) is 0 Å². The SMILES string of the molecule is CCCC[C](CCCC)C(C)(O)O. The van der Waals surface area contributed by atoms with Gasteiger partial charge in [-0.15, -0.1) is 0 Å². The molecule has 0 aliphatic heterocycles. The molecular weight excluding hydrogens is 164 g/mol. The fourth-order valence-corrected chi connectivity index (χ4v) is 1.38. The van der Waals surface area contributed by atoms with Gasteiger partial charge in [0.25, 0.3) is 0 Å². The van der Waals surface area contributed by atoms with Gasteiger partial charge in [-0.05, 0) is 19.8 Å². The largest absolute Gasteiger partial charge is 0.365 e. The number of unbranched alkanes of at least 4 members (excludes halogenated alkanes) is 2. The molecule has 0 unspecified atom stereocenters. The fraction of sp³-hybridized carbons (Fsp3) is 0.909. The Balaban J connectivity index is 3.88. The zero-order valence-corrected chi connectivity index (χ0v) is 9.14. The first-order chi connectivity index (χ1) is 6.02. The van der Waals surface area contributed by atoms with Crippen molar-refractivity contribution in [2.45, 2.75) is 65.1 Å². The second-order valence-corrected chi connectivity index (χ2v) is 3.83. The maximum Gasteiger partial charge on any atom is 0.166 e. The van der Waals surface area contributed by atoms with Crippen LogP contribution in [0.1, 0.15) is 59.3 Å². The van der Waals surface area contributed by atoms with Crippen molar-refractivity contribution >= 4 is 0 Å². The number of hydrogen-bond donors (Lipinski definition) is 2. The lowest BCUT2D eigenvalue weighted by atomic mass is 9.89. The highest BCUT2D eigenvalue weighted by Crippen LogP contribution is 2.27. The summed E-state index contributed by atoms with van der Waals surface area (Å²) in [5, 5.41) is 18.9. The number of rotatable bonds is 7. The first-order valence-corrected chi connectivity index (χ1v) is 5.32. The van der Waals surface area contributed by atoms with Gasteiger partial charge >= 0.3 is 0 Å². The highest BCUT2D eigenvalue weighted by Gasteiger charge is 2.28. The number of hydrogen-bond acceptors (Lipinski definition) is 2. The van der Waals surface area contributed by atoms with Gasteiger partial charge in [-0.2, -0.15) is 0 Å². The van der Waals surface area contributed by atoms with Gasteiger partial charge in [-0.1, -0.05) is 39.5 Å². The van der Waals surface area contributed by atoms with Crippen molar-refractivity contribution in [2.24, 2.45) is 0 Å². The predicted molar refractivity (Wildman–Crippen MR) is 55.1 cm³/mol. The molecule has 0 saturated carbocycles. The van der Waals surface area contributed by atoms with Gasteiger partial charge < -0.3 is 10.2 Å². The van der Waals surface area contributed by atoms with Crippen molar-refractivity contribution in [1.29, 1.82) is 0 Å². The zero-order valence-electron chi connectivity index (χ0n) is 9.14. The van der Waals surface area contributed by atoms with Crippen molar-refractivity contribution in [3.8, 4) is 0 Å².